The zero-order valence-electron chi connectivity index (χ0n) is 9.99. The fraction of sp³-hybridized carbons (Fsp3) is 0.909. The minimum absolute atomic E-state index is 0.636. The van der Waals surface area contributed by atoms with Crippen LogP contribution >= 0.6 is 0 Å². The molecule has 1 saturated heterocycles. The van der Waals surface area contributed by atoms with Crippen LogP contribution in [-0.4, -0.2) is 60.6 Å². The fourth-order valence-corrected chi connectivity index (χ4v) is 1.88. The lowest BCUT2D eigenvalue weighted by Gasteiger charge is -2.28. The van der Waals surface area contributed by atoms with Gasteiger partial charge in [0.25, 0.3) is 0 Å². The van der Waals surface area contributed by atoms with Crippen LogP contribution in [0, 0.1) is 5.41 Å². The van der Waals surface area contributed by atoms with Crippen LogP contribution in [0.5, 0.6) is 0 Å². The first kappa shape index (κ1) is 12.5. The maximum Gasteiger partial charge on any atom is 0.310 e. The Balaban J connectivity index is 2.47. The summed E-state index contributed by atoms with van der Waals surface area (Å²) in [6.07, 6.45) is 1.13. The number of nitrogens with zero attached hydrogens (tertiary/aromatic N) is 2. The lowest BCUT2D eigenvalue weighted by Crippen LogP contribution is -2.40. The fourth-order valence-electron chi connectivity index (χ4n) is 1.88. The molecule has 1 aliphatic rings. The first-order valence-electron chi connectivity index (χ1n) is 5.56. The number of hydrogen-bond donors (Lipinski definition) is 1. The molecule has 0 spiro atoms. The Morgan fingerprint density at radius 1 is 1.27 bits per heavy atom. The molecule has 0 unspecified atom stereocenters. The summed E-state index contributed by atoms with van der Waals surface area (Å²) in [5, 5.41) is 9.06. The smallest absolute Gasteiger partial charge is 0.310 e. The summed E-state index contributed by atoms with van der Waals surface area (Å²) in [6, 6.07) is 0. The van der Waals surface area contributed by atoms with Gasteiger partial charge in [0.2, 0.25) is 0 Å². The summed E-state index contributed by atoms with van der Waals surface area (Å²) in [5.41, 5.74) is -0.636. The van der Waals surface area contributed by atoms with E-state index in [9.17, 15) is 4.79 Å². The largest absolute Gasteiger partial charge is 0.481 e. The number of rotatable bonds is 3. The summed E-state index contributed by atoms with van der Waals surface area (Å²) < 4.78 is 0. The summed E-state index contributed by atoms with van der Waals surface area (Å²) in [5.74, 6) is -0.708. The Hall–Kier alpha value is -0.610. The van der Waals surface area contributed by atoms with Gasteiger partial charge in [0, 0.05) is 19.6 Å². The van der Waals surface area contributed by atoms with Crippen LogP contribution < -0.4 is 0 Å². The summed E-state index contributed by atoms with van der Waals surface area (Å²) in [6.45, 7) is 8.39. The zero-order valence-corrected chi connectivity index (χ0v) is 9.99. The molecule has 4 heteroatoms. The number of hydrogen-bond acceptors (Lipinski definition) is 3. The minimum atomic E-state index is -0.708. The maximum atomic E-state index is 11.0. The van der Waals surface area contributed by atoms with Gasteiger partial charge in [-0.15, -0.1) is 0 Å². The lowest BCUT2D eigenvalue weighted by atomic mass is 9.93. The molecule has 0 aromatic heterocycles. The third-order valence-electron chi connectivity index (χ3n) is 3.01. The van der Waals surface area contributed by atoms with Crippen LogP contribution in [-0.2, 0) is 4.79 Å². The van der Waals surface area contributed by atoms with Gasteiger partial charge in [-0.2, -0.15) is 0 Å². The van der Waals surface area contributed by atoms with Crippen molar-refractivity contribution in [2.24, 2.45) is 5.41 Å². The van der Waals surface area contributed by atoms with Crippen molar-refractivity contribution in [3.05, 3.63) is 0 Å². The van der Waals surface area contributed by atoms with Crippen molar-refractivity contribution in [1.29, 1.82) is 0 Å². The summed E-state index contributed by atoms with van der Waals surface area (Å²) >= 11 is 0. The Kier molecular flexibility index (Phi) is 4.11. The third-order valence-corrected chi connectivity index (χ3v) is 3.01. The molecule has 88 valence electrons. The zero-order chi connectivity index (χ0) is 11.5. The molecular formula is C11H22N2O2. The first-order valence-corrected chi connectivity index (χ1v) is 5.56. The average Bonchev–Trinajstić information content (AvgIpc) is 2.30. The van der Waals surface area contributed by atoms with E-state index in [0.29, 0.717) is 6.54 Å². The van der Waals surface area contributed by atoms with Crippen molar-refractivity contribution >= 4 is 5.97 Å². The first-order chi connectivity index (χ1) is 6.92. The molecule has 1 fully saturated rings. The molecule has 1 heterocycles. The van der Waals surface area contributed by atoms with E-state index in [4.69, 9.17) is 5.11 Å². The van der Waals surface area contributed by atoms with Gasteiger partial charge in [-0.05, 0) is 40.4 Å². The predicted molar refractivity (Wildman–Crippen MR) is 60.0 cm³/mol. The van der Waals surface area contributed by atoms with Crippen molar-refractivity contribution in [2.75, 3.05) is 39.8 Å². The Bertz CT molecular complexity index is 229. The second-order valence-corrected chi connectivity index (χ2v) is 5.12. The molecule has 0 amide bonds. The van der Waals surface area contributed by atoms with E-state index in [0.717, 1.165) is 32.6 Å². The average molecular weight is 214 g/mol. The monoisotopic (exact) mass is 214 g/mol. The highest BCUT2D eigenvalue weighted by molar-refractivity contribution is 5.73. The number of carboxylic acids is 1. The topological polar surface area (TPSA) is 43.8 Å². The Labute approximate surface area is 91.9 Å². The van der Waals surface area contributed by atoms with Gasteiger partial charge in [0.1, 0.15) is 0 Å². The maximum absolute atomic E-state index is 11.0. The second kappa shape index (κ2) is 4.94. The van der Waals surface area contributed by atoms with Gasteiger partial charge in [-0.3, -0.25) is 4.79 Å². The molecule has 1 N–H and O–H groups in total. The van der Waals surface area contributed by atoms with E-state index in [1.54, 1.807) is 13.8 Å². The van der Waals surface area contributed by atoms with Crippen molar-refractivity contribution in [3.63, 3.8) is 0 Å². The number of carboxylic acid groups (broad SMARTS) is 1. The van der Waals surface area contributed by atoms with Crippen molar-refractivity contribution in [1.82, 2.24) is 9.80 Å². The molecule has 0 atom stereocenters. The van der Waals surface area contributed by atoms with E-state index < -0.39 is 11.4 Å². The van der Waals surface area contributed by atoms with Gasteiger partial charge in [0.05, 0.1) is 5.41 Å². The quantitative estimate of drug-likeness (QED) is 0.752. The van der Waals surface area contributed by atoms with Gasteiger partial charge in [-0.1, -0.05) is 0 Å². The van der Waals surface area contributed by atoms with Gasteiger partial charge < -0.3 is 14.9 Å². The molecule has 0 aromatic rings. The Morgan fingerprint density at radius 2 is 1.93 bits per heavy atom. The normalized spacial score (nSPS) is 21.3. The van der Waals surface area contributed by atoms with E-state index in [2.05, 4.69) is 16.8 Å². The highest BCUT2D eigenvalue weighted by atomic mass is 16.4. The molecule has 0 aliphatic carbocycles. The molecule has 0 radical (unpaired) electrons. The van der Waals surface area contributed by atoms with Crippen LogP contribution in [0.25, 0.3) is 0 Å². The Morgan fingerprint density at radius 3 is 2.53 bits per heavy atom. The van der Waals surface area contributed by atoms with E-state index in [1.807, 2.05) is 0 Å². The number of carbonyl (C=O) groups is 1. The van der Waals surface area contributed by atoms with E-state index >= 15 is 0 Å². The molecule has 4 nitrogen and oxygen atoms in total. The van der Waals surface area contributed by atoms with Crippen LogP contribution in [0.15, 0.2) is 0 Å². The molecule has 1 rings (SSSR count). The van der Waals surface area contributed by atoms with Crippen LogP contribution in [0.3, 0.4) is 0 Å². The summed E-state index contributed by atoms with van der Waals surface area (Å²) in [7, 11) is 2.12. The second-order valence-electron chi connectivity index (χ2n) is 5.12. The van der Waals surface area contributed by atoms with Crippen LogP contribution in [0.2, 0.25) is 0 Å². The van der Waals surface area contributed by atoms with Crippen LogP contribution in [0.4, 0.5) is 0 Å². The molecule has 0 saturated carbocycles. The van der Waals surface area contributed by atoms with Crippen molar-refractivity contribution in [2.45, 2.75) is 20.3 Å². The van der Waals surface area contributed by atoms with E-state index in [-0.39, 0.29) is 0 Å². The molecule has 15 heavy (non-hydrogen) atoms. The lowest BCUT2D eigenvalue weighted by molar-refractivity contribution is -0.147. The standard InChI is InChI=1S/C11H22N2O2/c1-11(2,10(14)15)9-13-6-4-5-12(3)7-8-13/h4-9H2,1-3H3,(H,14,15). The minimum Gasteiger partial charge on any atom is -0.481 e. The third kappa shape index (κ3) is 3.80. The number of aliphatic carboxylic acids is 1. The van der Waals surface area contributed by atoms with E-state index in [1.165, 1.54) is 0 Å². The predicted octanol–water partition coefficient (Wildman–Crippen LogP) is 0.735. The highest BCUT2D eigenvalue weighted by Crippen LogP contribution is 2.18. The van der Waals surface area contributed by atoms with Gasteiger partial charge >= 0.3 is 5.97 Å². The van der Waals surface area contributed by atoms with Crippen LogP contribution in [0.1, 0.15) is 20.3 Å². The van der Waals surface area contributed by atoms with Gasteiger partial charge in [0.15, 0.2) is 0 Å². The van der Waals surface area contributed by atoms with Crippen molar-refractivity contribution < 1.29 is 9.90 Å². The molecule has 0 aromatic carbocycles. The molecule has 1 aliphatic heterocycles. The number of likely N-dealkylation sites (N-methyl/N-ethyl adjacent to an activating group) is 1. The van der Waals surface area contributed by atoms with Crippen molar-refractivity contribution in [3.8, 4) is 0 Å². The SMILES string of the molecule is CN1CCCN(CC(C)(C)C(=O)O)CC1. The summed E-state index contributed by atoms with van der Waals surface area (Å²) in [4.78, 5) is 15.6. The highest BCUT2D eigenvalue weighted by Gasteiger charge is 2.30. The molecular weight excluding hydrogens is 192 g/mol. The molecule has 0 bridgehead atoms. The van der Waals surface area contributed by atoms with Gasteiger partial charge in [-0.25, -0.2) is 0 Å².